The number of hydrogen-bond acceptors (Lipinski definition) is 2. The van der Waals surface area contributed by atoms with Crippen molar-refractivity contribution in [1.29, 1.82) is 0 Å². The molecule has 0 radical (unpaired) electrons. The minimum atomic E-state index is -0.472. The first-order chi connectivity index (χ1) is 31.2. The van der Waals surface area contributed by atoms with Crippen LogP contribution in [0, 0.1) is 0 Å². The SMILES string of the molecule is [2H]c1c([2H])c([2H])c(-c2ccc3cc(N(c4ccccc4)c4c([2H])c([2H])c(-c5cccc(-c6cc([2H])c7c(c6)c([2H])c([2H])c6oc8cccc([2H])c8c67)c5)c([2H])c4[2H])ccc3c2)c([2H])c1[2H]. The van der Waals surface area contributed by atoms with Gasteiger partial charge >= 0.3 is 0 Å². The molecule has 52 heavy (non-hydrogen) atoms. The average Bonchev–Trinajstić information content (AvgIpc) is 3.71. The number of fused-ring (bicyclic) bond motifs is 6. The van der Waals surface area contributed by atoms with Gasteiger partial charge in [0.05, 0.1) is 17.8 Å². The lowest BCUT2D eigenvalue weighted by atomic mass is 9.96. The van der Waals surface area contributed by atoms with E-state index < -0.39 is 18.1 Å². The highest BCUT2D eigenvalue weighted by atomic mass is 16.3. The molecule has 0 N–H and O–H groups in total. The molecule has 0 saturated heterocycles. The van der Waals surface area contributed by atoms with Gasteiger partial charge < -0.3 is 9.32 Å². The lowest BCUT2D eigenvalue weighted by molar-refractivity contribution is 0.669. The van der Waals surface area contributed by atoms with Crippen molar-refractivity contribution in [2.75, 3.05) is 4.90 Å². The molecule has 1 aromatic heterocycles. The minimum absolute atomic E-state index is 0.0117. The van der Waals surface area contributed by atoms with Gasteiger partial charge in [0.25, 0.3) is 0 Å². The fourth-order valence-electron chi connectivity index (χ4n) is 6.72. The van der Waals surface area contributed by atoms with E-state index in [4.69, 9.17) is 16.8 Å². The van der Waals surface area contributed by atoms with Crippen LogP contribution in [0.2, 0.25) is 0 Å². The smallest absolute Gasteiger partial charge is 0.136 e. The van der Waals surface area contributed by atoms with E-state index in [2.05, 4.69) is 0 Å². The molecule has 9 aromatic carbocycles. The Morgan fingerprint density at radius 2 is 1.08 bits per heavy atom. The van der Waals surface area contributed by atoms with E-state index in [0.717, 1.165) is 0 Å². The van der Waals surface area contributed by atoms with Crippen molar-refractivity contribution in [3.8, 4) is 33.4 Å². The monoisotopic (exact) mass is 676 g/mol. The third-order valence-electron chi connectivity index (χ3n) is 9.21. The molecule has 244 valence electrons. The summed E-state index contributed by atoms with van der Waals surface area (Å²) in [5, 5.41) is 3.04. The Bertz CT molecular complexity index is 3600. The number of anilines is 3. The van der Waals surface area contributed by atoms with Crippen LogP contribution in [-0.2, 0) is 0 Å². The van der Waals surface area contributed by atoms with Crippen LogP contribution in [0.15, 0.2) is 204 Å². The Morgan fingerprint density at radius 1 is 0.365 bits per heavy atom. The minimum Gasteiger partial charge on any atom is -0.456 e. The Balaban J connectivity index is 1.08. The Labute approximate surface area is 320 Å². The van der Waals surface area contributed by atoms with Crippen LogP contribution >= 0.6 is 0 Å². The van der Waals surface area contributed by atoms with Gasteiger partial charge in [-0.05, 0) is 122 Å². The maximum absolute atomic E-state index is 9.44. The molecule has 1 heterocycles. The zero-order valence-corrected chi connectivity index (χ0v) is 27.4. The average molecular weight is 677 g/mol. The van der Waals surface area contributed by atoms with Crippen molar-refractivity contribution in [3.63, 3.8) is 0 Å². The van der Waals surface area contributed by atoms with Crippen LogP contribution in [0.25, 0.3) is 76.9 Å². The topological polar surface area (TPSA) is 16.4 Å². The highest BCUT2D eigenvalue weighted by Gasteiger charge is 2.15. The van der Waals surface area contributed by atoms with Crippen molar-refractivity contribution in [1.82, 2.24) is 0 Å². The number of benzene rings is 9. The summed E-state index contributed by atoms with van der Waals surface area (Å²) in [7, 11) is 0. The summed E-state index contributed by atoms with van der Waals surface area (Å²) < 4.78 is 120. The fourth-order valence-corrected chi connectivity index (χ4v) is 6.72. The lowest BCUT2D eigenvalue weighted by Gasteiger charge is -2.26. The van der Waals surface area contributed by atoms with Gasteiger partial charge in [0.15, 0.2) is 0 Å². The quantitative estimate of drug-likeness (QED) is 0.174. The van der Waals surface area contributed by atoms with Crippen molar-refractivity contribution < 1.29 is 22.2 Å². The van der Waals surface area contributed by atoms with Gasteiger partial charge in [-0.25, -0.2) is 0 Å². The molecule has 0 unspecified atom stereocenters. The third kappa shape index (κ3) is 5.30. The van der Waals surface area contributed by atoms with Gasteiger partial charge in [-0.15, -0.1) is 0 Å². The van der Waals surface area contributed by atoms with Gasteiger partial charge in [-0.3, -0.25) is 0 Å². The maximum Gasteiger partial charge on any atom is 0.136 e. The van der Waals surface area contributed by atoms with E-state index in [-0.39, 0.29) is 82.8 Å². The summed E-state index contributed by atoms with van der Waals surface area (Å²) in [6, 6.07) is 31.8. The molecule has 0 spiro atoms. The number of para-hydroxylation sites is 2. The number of rotatable bonds is 6. The second kappa shape index (κ2) is 12.5. The van der Waals surface area contributed by atoms with Crippen molar-refractivity contribution in [2.45, 2.75) is 0 Å². The second-order valence-corrected chi connectivity index (χ2v) is 12.4. The number of furan rings is 1. The summed E-state index contributed by atoms with van der Waals surface area (Å²) in [5.74, 6) is 0. The van der Waals surface area contributed by atoms with Crippen LogP contribution in [-0.4, -0.2) is 0 Å². The molecule has 0 aliphatic heterocycles. The van der Waals surface area contributed by atoms with Gasteiger partial charge in [0, 0.05) is 27.8 Å². The van der Waals surface area contributed by atoms with Gasteiger partial charge in [0.1, 0.15) is 11.2 Å². The van der Waals surface area contributed by atoms with E-state index >= 15 is 0 Å². The van der Waals surface area contributed by atoms with Crippen LogP contribution in [0.1, 0.15) is 17.8 Å². The van der Waals surface area contributed by atoms with E-state index in [1.165, 1.54) is 0 Å². The number of hydrogen-bond donors (Lipinski definition) is 0. The van der Waals surface area contributed by atoms with Gasteiger partial charge in [-0.2, -0.15) is 0 Å². The Morgan fingerprint density at radius 3 is 1.94 bits per heavy atom. The largest absolute Gasteiger partial charge is 0.456 e. The molecule has 0 saturated carbocycles. The summed E-state index contributed by atoms with van der Waals surface area (Å²) in [6.45, 7) is 0. The number of nitrogens with zero attached hydrogens (tertiary/aromatic N) is 1. The maximum atomic E-state index is 9.44. The molecule has 0 amide bonds. The Hall–Kier alpha value is -6.90. The first-order valence-corrected chi connectivity index (χ1v) is 16.7. The predicted octanol–water partition coefficient (Wildman–Crippen LogP) is 14.4. The first kappa shape index (κ1) is 19.5. The van der Waals surface area contributed by atoms with E-state index in [1.807, 2.05) is 24.3 Å². The normalized spacial score (nSPS) is 15.0. The molecule has 0 fully saturated rings. The summed E-state index contributed by atoms with van der Waals surface area (Å²) >= 11 is 0. The standard InChI is InChI=1S/C50H33NO/c1-3-10-34(11-4-1)38-18-19-41-33-45(27-22-39(41)31-38)51(43-14-5-2-6-15-43)44-25-20-35(21-26-44)36-12-9-13-37(30-36)40-23-28-46-42(32-40)24-29-49-50(46)47-16-7-8-17-48(47)52-49/h1-33H/i1D,3D,4D,10D,11D,16D,20D,21D,24D,25D,26D,28D,29D. The molecule has 2 nitrogen and oxygen atoms in total. The first-order valence-electron chi connectivity index (χ1n) is 23.2. The molecule has 2 heteroatoms. The zero-order chi connectivity index (χ0) is 45.7. The second-order valence-electron chi connectivity index (χ2n) is 12.4. The third-order valence-corrected chi connectivity index (χ3v) is 9.21. The van der Waals surface area contributed by atoms with Crippen molar-refractivity contribution in [3.05, 3.63) is 200 Å². The summed E-state index contributed by atoms with van der Waals surface area (Å²) in [6.07, 6.45) is 0. The van der Waals surface area contributed by atoms with E-state index in [9.17, 15) is 5.48 Å². The van der Waals surface area contributed by atoms with Crippen molar-refractivity contribution >= 4 is 60.5 Å². The Kier molecular flexibility index (Phi) is 4.67. The van der Waals surface area contributed by atoms with Crippen LogP contribution in [0.5, 0.6) is 0 Å². The molecule has 10 rings (SSSR count). The highest BCUT2D eigenvalue weighted by molar-refractivity contribution is 6.19. The van der Waals surface area contributed by atoms with Crippen LogP contribution < -0.4 is 4.90 Å². The molecular weight excluding hydrogens is 631 g/mol. The molecule has 0 bridgehead atoms. The predicted molar refractivity (Wildman–Crippen MR) is 220 cm³/mol. The van der Waals surface area contributed by atoms with Gasteiger partial charge in [-0.1, -0.05) is 133 Å². The lowest BCUT2D eigenvalue weighted by Crippen LogP contribution is -2.09. The summed E-state index contributed by atoms with van der Waals surface area (Å²) in [4.78, 5) is 1.66. The molecule has 10 aromatic rings. The highest BCUT2D eigenvalue weighted by Crippen LogP contribution is 2.39. The fraction of sp³-hybridized carbons (Fsp3) is 0. The van der Waals surface area contributed by atoms with Gasteiger partial charge in [0.2, 0.25) is 0 Å². The van der Waals surface area contributed by atoms with E-state index in [1.54, 1.807) is 102 Å². The van der Waals surface area contributed by atoms with Crippen LogP contribution in [0.4, 0.5) is 17.1 Å². The summed E-state index contributed by atoms with van der Waals surface area (Å²) in [5.41, 5.74) is 3.75. The van der Waals surface area contributed by atoms with Crippen molar-refractivity contribution in [2.24, 2.45) is 0 Å². The van der Waals surface area contributed by atoms with Crippen LogP contribution in [0.3, 0.4) is 0 Å². The molecule has 0 aliphatic carbocycles. The molecule has 0 aliphatic rings. The van der Waals surface area contributed by atoms with E-state index in [0.29, 0.717) is 71.5 Å². The zero-order valence-electron chi connectivity index (χ0n) is 40.4. The molecule has 0 atom stereocenters. The molecular formula is C50H33NO.